The molecule has 0 radical (unpaired) electrons. The number of nitrogens with one attached hydrogen (secondary N) is 1. The standard InChI is InChI=1S/C19H22FN5O/c1-12-3-4-13(8-16(12)20)7-14-5-6-25(10-14)11-17-22-18-15(19(26)23-17)9-21-24(18)2/h3-4,8-9,14H,5-7,10-11H2,1-2H3,(H,22,23,26). The molecule has 1 saturated heterocycles. The lowest BCUT2D eigenvalue weighted by atomic mass is 9.98. The van der Waals surface area contributed by atoms with Gasteiger partial charge in [0, 0.05) is 13.6 Å². The summed E-state index contributed by atoms with van der Waals surface area (Å²) in [4.78, 5) is 21.8. The molecule has 1 aliphatic rings. The highest BCUT2D eigenvalue weighted by atomic mass is 19.1. The van der Waals surface area contributed by atoms with Gasteiger partial charge >= 0.3 is 0 Å². The van der Waals surface area contributed by atoms with Gasteiger partial charge in [0.1, 0.15) is 17.0 Å². The molecule has 0 spiro atoms. The van der Waals surface area contributed by atoms with E-state index in [0.29, 0.717) is 34.9 Å². The number of likely N-dealkylation sites (tertiary alicyclic amines) is 1. The van der Waals surface area contributed by atoms with Crippen molar-refractivity contribution in [2.45, 2.75) is 26.3 Å². The molecule has 3 aromatic rings. The van der Waals surface area contributed by atoms with Crippen molar-refractivity contribution in [2.24, 2.45) is 13.0 Å². The summed E-state index contributed by atoms with van der Waals surface area (Å²) in [6, 6.07) is 5.50. The predicted octanol–water partition coefficient (Wildman–Crippen LogP) is 2.17. The minimum absolute atomic E-state index is 0.136. The van der Waals surface area contributed by atoms with Crippen LogP contribution in [0.15, 0.2) is 29.2 Å². The molecule has 7 heteroatoms. The number of fused-ring (bicyclic) bond motifs is 1. The Labute approximate surface area is 150 Å². The van der Waals surface area contributed by atoms with Gasteiger partial charge in [-0.3, -0.25) is 14.4 Å². The Bertz CT molecular complexity index is 1010. The van der Waals surface area contributed by atoms with Crippen LogP contribution in [0.5, 0.6) is 0 Å². The molecule has 1 unspecified atom stereocenters. The van der Waals surface area contributed by atoms with Crippen molar-refractivity contribution < 1.29 is 4.39 Å². The number of aromatic nitrogens is 4. The molecule has 3 heterocycles. The smallest absolute Gasteiger partial charge is 0.262 e. The third-order valence-electron chi connectivity index (χ3n) is 5.15. The van der Waals surface area contributed by atoms with E-state index in [1.165, 1.54) is 6.20 Å². The van der Waals surface area contributed by atoms with E-state index in [1.807, 2.05) is 12.1 Å². The maximum absolute atomic E-state index is 13.7. The maximum Gasteiger partial charge on any atom is 0.262 e. The first-order valence-electron chi connectivity index (χ1n) is 8.88. The van der Waals surface area contributed by atoms with Gasteiger partial charge in [0.15, 0.2) is 5.65 Å². The van der Waals surface area contributed by atoms with Gasteiger partial charge in [0.2, 0.25) is 0 Å². The van der Waals surface area contributed by atoms with Crippen molar-refractivity contribution in [1.82, 2.24) is 24.6 Å². The quantitative estimate of drug-likeness (QED) is 0.779. The van der Waals surface area contributed by atoms with Crippen LogP contribution in [0.3, 0.4) is 0 Å². The van der Waals surface area contributed by atoms with Gasteiger partial charge in [-0.15, -0.1) is 0 Å². The number of halogens is 1. The SMILES string of the molecule is Cc1ccc(CC2CCN(Cc3nc4c(cnn4C)c(=O)[nH]3)C2)cc1F. The fourth-order valence-electron chi connectivity index (χ4n) is 3.68. The Morgan fingerprint density at radius 3 is 3.04 bits per heavy atom. The zero-order valence-electron chi connectivity index (χ0n) is 15.0. The highest BCUT2D eigenvalue weighted by molar-refractivity contribution is 5.72. The molecule has 1 aromatic carbocycles. The summed E-state index contributed by atoms with van der Waals surface area (Å²) in [5.74, 6) is 1.01. The van der Waals surface area contributed by atoms with E-state index in [-0.39, 0.29) is 11.4 Å². The molecule has 1 aliphatic heterocycles. The van der Waals surface area contributed by atoms with Gasteiger partial charge in [-0.25, -0.2) is 9.37 Å². The monoisotopic (exact) mass is 355 g/mol. The van der Waals surface area contributed by atoms with Crippen molar-refractivity contribution >= 4 is 11.0 Å². The third kappa shape index (κ3) is 3.26. The van der Waals surface area contributed by atoms with Gasteiger partial charge < -0.3 is 4.98 Å². The summed E-state index contributed by atoms with van der Waals surface area (Å²) in [5, 5.41) is 4.60. The molecular formula is C19H22FN5O. The van der Waals surface area contributed by atoms with E-state index < -0.39 is 0 Å². The topological polar surface area (TPSA) is 66.8 Å². The van der Waals surface area contributed by atoms with E-state index in [4.69, 9.17) is 0 Å². The molecule has 136 valence electrons. The molecule has 0 saturated carbocycles. The van der Waals surface area contributed by atoms with E-state index in [1.54, 1.807) is 24.7 Å². The van der Waals surface area contributed by atoms with Crippen LogP contribution < -0.4 is 5.56 Å². The number of rotatable bonds is 4. The average molecular weight is 355 g/mol. The van der Waals surface area contributed by atoms with Gasteiger partial charge in [-0.05, 0) is 49.4 Å². The minimum atomic E-state index is -0.149. The summed E-state index contributed by atoms with van der Waals surface area (Å²) >= 11 is 0. The molecular weight excluding hydrogens is 333 g/mol. The van der Waals surface area contributed by atoms with Gasteiger partial charge in [0.25, 0.3) is 5.56 Å². The molecule has 4 rings (SSSR count). The third-order valence-corrected chi connectivity index (χ3v) is 5.15. The second kappa shape index (κ2) is 6.64. The molecule has 0 aliphatic carbocycles. The second-order valence-corrected chi connectivity index (χ2v) is 7.20. The first-order chi connectivity index (χ1) is 12.5. The molecule has 1 fully saturated rings. The van der Waals surface area contributed by atoms with E-state index in [2.05, 4.69) is 20.0 Å². The van der Waals surface area contributed by atoms with Crippen LogP contribution in [0.4, 0.5) is 4.39 Å². The molecule has 0 bridgehead atoms. The Morgan fingerprint density at radius 2 is 2.23 bits per heavy atom. The first-order valence-corrected chi connectivity index (χ1v) is 8.88. The Hall–Kier alpha value is -2.54. The lowest BCUT2D eigenvalue weighted by Gasteiger charge is -2.15. The van der Waals surface area contributed by atoms with Crippen molar-refractivity contribution in [1.29, 1.82) is 0 Å². The second-order valence-electron chi connectivity index (χ2n) is 7.20. The Kier molecular flexibility index (Phi) is 4.32. The summed E-state index contributed by atoms with van der Waals surface area (Å²) < 4.78 is 15.3. The zero-order valence-corrected chi connectivity index (χ0v) is 15.0. The number of aryl methyl sites for hydroxylation is 2. The fraction of sp³-hybridized carbons (Fsp3) is 0.421. The van der Waals surface area contributed by atoms with Crippen LogP contribution in [0.1, 0.15) is 23.4 Å². The van der Waals surface area contributed by atoms with Crippen molar-refractivity contribution in [3.63, 3.8) is 0 Å². The van der Waals surface area contributed by atoms with E-state index >= 15 is 0 Å². The zero-order chi connectivity index (χ0) is 18.3. The first kappa shape index (κ1) is 16.9. The number of hydrogen-bond donors (Lipinski definition) is 1. The average Bonchev–Trinajstić information content (AvgIpc) is 3.19. The van der Waals surface area contributed by atoms with E-state index in [9.17, 15) is 9.18 Å². The minimum Gasteiger partial charge on any atom is -0.309 e. The Morgan fingerprint density at radius 1 is 1.38 bits per heavy atom. The fourth-order valence-corrected chi connectivity index (χ4v) is 3.68. The summed E-state index contributed by atoms with van der Waals surface area (Å²) in [6.07, 6.45) is 3.48. The van der Waals surface area contributed by atoms with Crippen LogP contribution in [-0.4, -0.2) is 37.7 Å². The van der Waals surface area contributed by atoms with Crippen LogP contribution in [0.25, 0.3) is 11.0 Å². The predicted molar refractivity (Wildman–Crippen MR) is 97.4 cm³/mol. The number of aromatic amines is 1. The van der Waals surface area contributed by atoms with Crippen LogP contribution >= 0.6 is 0 Å². The molecule has 0 amide bonds. The number of hydrogen-bond acceptors (Lipinski definition) is 4. The number of benzene rings is 1. The lowest BCUT2D eigenvalue weighted by molar-refractivity contribution is 0.308. The summed E-state index contributed by atoms with van der Waals surface area (Å²) in [5.41, 5.74) is 2.18. The van der Waals surface area contributed by atoms with E-state index in [0.717, 1.165) is 31.5 Å². The van der Waals surface area contributed by atoms with Crippen LogP contribution in [0, 0.1) is 18.7 Å². The molecule has 1 N–H and O–H groups in total. The number of H-pyrrole nitrogens is 1. The van der Waals surface area contributed by atoms with Crippen molar-refractivity contribution in [3.8, 4) is 0 Å². The van der Waals surface area contributed by atoms with Crippen molar-refractivity contribution in [3.05, 3.63) is 57.5 Å². The van der Waals surface area contributed by atoms with Gasteiger partial charge in [-0.2, -0.15) is 5.10 Å². The highest BCUT2D eigenvalue weighted by Crippen LogP contribution is 2.23. The maximum atomic E-state index is 13.7. The van der Waals surface area contributed by atoms with Crippen LogP contribution in [0.2, 0.25) is 0 Å². The van der Waals surface area contributed by atoms with Crippen molar-refractivity contribution in [2.75, 3.05) is 13.1 Å². The number of nitrogens with zero attached hydrogens (tertiary/aromatic N) is 4. The molecule has 26 heavy (non-hydrogen) atoms. The van der Waals surface area contributed by atoms with Gasteiger partial charge in [0.05, 0.1) is 12.7 Å². The van der Waals surface area contributed by atoms with Crippen LogP contribution in [-0.2, 0) is 20.0 Å². The Balaban J connectivity index is 1.43. The largest absolute Gasteiger partial charge is 0.309 e. The van der Waals surface area contributed by atoms with Gasteiger partial charge in [-0.1, -0.05) is 12.1 Å². The molecule has 1 atom stereocenters. The summed E-state index contributed by atoms with van der Waals surface area (Å²) in [7, 11) is 1.78. The highest BCUT2D eigenvalue weighted by Gasteiger charge is 2.24. The normalized spacial score (nSPS) is 18.0. The molecule has 6 nitrogen and oxygen atoms in total. The summed E-state index contributed by atoms with van der Waals surface area (Å²) in [6.45, 7) is 4.26. The lowest BCUT2D eigenvalue weighted by Crippen LogP contribution is -2.24. The molecule has 2 aromatic heterocycles.